The van der Waals surface area contributed by atoms with E-state index in [9.17, 15) is 4.79 Å². The predicted octanol–water partition coefficient (Wildman–Crippen LogP) is 1.72. The lowest BCUT2D eigenvalue weighted by atomic mass is 9.92. The Morgan fingerprint density at radius 3 is 2.97 bits per heavy atom. The van der Waals surface area contributed by atoms with Crippen LogP contribution in [0.15, 0.2) is 41.2 Å². The van der Waals surface area contributed by atoms with Crippen LogP contribution in [-0.2, 0) is 11.3 Å². The van der Waals surface area contributed by atoms with E-state index in [1.807, 2.05) is 26.0 Å². The van der Waals surface area contributed by atoms with Gasteiger partial charge in [-0.3, -0.25) is 10.2 Å². The fraction of sp³-hybridized carbons (Fsp3) is 0.333. The smallest absolute Gasteiger partial charge is 0.338 e. The number of aryl methyl sites for hydroxylation is 1. The van der Waals surface area contributed by atoms with Crippen molar-refractivity contribution in [3.05, 3.63) is 69.5 Å². The number of aromatic nitrogens is 1. The quantitative estimate of drug-likeness (QED) is 0.466. The molecule has 2 aliphatic rings. The third-order valence-electron chi connectivity index (χ3n) is 6.09. The molecule has 2 atom stereocenters. The van der Waals surface area contributed by atoms with Gasteiger partial charge in [0.05, 0.1) is 17.3 Å². The molecule has 2 aromatic rings. The molecule has 1 aromatic heterocycles. The maximum absolute atomic E-state index is 11.9. The number of carbonyl (C=O) groups is 1. The van der Waals surface area contributed by atoms with E-state index in [0.717, 1.165) is 34.4 Å². The molecule has 3 heterocycles. The Kier molecular flexibility index (Phi) is 6.51. The van der Waals surface area contributed by atoms with Crippen molar-refractivity contribution >= 4 is 18.0 Å². The SMILES string of the molecule is Cc1cc(N=CC(=CN)CN2C[C@@H](c3ccc4c(c3C)COC4=O)N[C@@H](N)C2)ncc1C#N. The Labute approximate surface area is 192 Å². The van der Waals surface area contributed by atoms with E-state index in [1.165, 1.54) is 12.4 Å². The molecule has 0 bridgehead atoms. The van der Waals surface area contributed by atoms with Gasteiger partial charge in [0.1, 0.15) is 12.7 Å². The third-order valence-corrected chi connectivity index (χ3v) is 6.09. The minimum atomic E-state index is -0.265. The van der Waals surface area contributed by atoms with Crippen LogP contribution in [0.4, 0.5) is 5.82 Å². The van der Waals surface area contributed by atoms with Crippen molar-refractivity contribution in [3.63, 3.8) is 0 Å². The normalized spacial score (nSPS) is 21.2. The Hall–Kier alpha value is -3.58. The van der Waals surface area contributed by atoms with Crippen LogP contribution in [0.25, 0.3) is 0 Å². The highest BCUT2D eigenvalue weighted by atomic mass is 16.5. The van der Waals surface area contributed by atoms with Crippen molar-refractivity contribution < 1.29 is 9.53 Å². The molecule has 9 nitrogen and oxygen atoms in total. The summed E-state index contributed by atoms with van der Waals surface area (Å²) in [6, 6.07) is 7.69. The number of nitrogens with zero attached hydrogens (tertiary/aromatic N) is 4. The zero-order chi connectivity index (χ0) is 23.5. The molecule has 0 radical (unpaired) electrons. The molecule has 1 fully saturated rings. The molecule has 33 heavy (non-hydrogen) atoms. The van der Waals surface area contributed by atoms with Gasteiger partial charge in [-0.2, -0.15) is 5.26 Å². The number of esters is 1. The molecule has 4 rings (SSSR count). The first-order valence-electron chi connectivity index (χ1n) is 10.7. The number of cyclic esters (lactones) is 1. The van der Waals surface area contributed by atoms with Gasteiger partial charge in [-0.05, 0) is 54.4 Å². The summed E-state index contributed by atoms with van der Waals surface area (Å²) >= 11 is 0. The van der Waals surface area contributed by atoms with E-state index < -0.39 is 0 Å². The van der Waals surface area contributed by atoms with Gasteiger partial charge in [-0.1, -0.05) is 6.07 Å². The molecule has 5 N–H and O–H groups in total. The molecule has 1 aromatic carbocycles. The average Bonchev–Trinajstić information content (AvgIpc) is 3.18. The highest BCUT2D eigenvalue weighted by molar-refractivity contribution is 5.94. The van der Waals surface area contributed by atoms with Crippen molar-refractivity contribution in [2.24, 2.45) is 16.5 Å². The topological polar surface area (TPSA) is 143 Å². The molecule has 170 valence electrons. The molecule has 0 unspecified atom stereocenters. The zero-order valence-electron chi connectivity index (χ0n) is 18.7. The summed E-state index contributed by atoms with van der Waals surface area (Å²) < 4.78 is 5.19. The predicted molar refractivity (Wildman–Crippen MR) is 125 cm³/mol. The lowest BCUT2D eigenvalue weighted by molar-refractivity contribution is 0.0535. The number of hydrogen-bond donors (Lipinski definition) is 3. The Bertz CT molecular complexity index is 1180. The summed E-state index contributed by atoms with van der Waals surface area (Å²) in [5, 5.41) is 12.5. The number of carbonyl (C=O) groups excluding carboxylic acids is 1. The van der Waals surface area contributed by atoms with Crippen LogP contribution < -0.4 is 16.8 Å². The zero-order valence-corrected chi connectivity index (χ0v) is 18.7. The minimum absolute atomic E-state index is 0.00792. The van der Waals surface area contributed by atoms with E-state index in [2.05, 4.69) is 26.3 Å². The second-order valence-corrected chi connectivity index (χ2v) is 8.37. The summed E-state index contributed by atoms with van der Waals surface area (Å²) in [5.41, 5.74) is 18.1. The molecular weight excluding hydrogens is 418 g/mol. The molecule has 2 aliphatic heterocycles. The van der Waals surface area contributed by atoms with E-state index in [-0.39, 0.29) is 18.2 Å². The van der Waals surface area contributed by atoms with Crippen molar-refractivity contribution in [3.8, 4) is 6.07 Å². The van der Waals surface area contributed by atoms with Crippen LogP contribution in [0.3, 0.4) is 0 Å². The van der Waals surface area contributed by atoms with Crippen LogP contribution in [0.5, 0.6) is 0 Å². The number of rotatable bonds is 5. The van der Waals surface area contributed by atoms with Crippen molar-refractivity contribution in [1.82, 2.24) is 15.2 Å². The van der Waals surface area contributed by atoms with Gasteiger partial charge in [0.25, 0.3) is 0 Å². The Morgan fingerprint density at radius 1 is 1.42 bits per heavy atom. The van der Waals surface area contributed by atoms with Crippen molar-refractivity contribution in [2.45, 2.75) is 32.7 Å². The van der Waals surface area contributed by atoms with Crippen molar-refractivity contribution in [1.29, 1.82) is 5.26 Å². The molecule has 0 saturated carbocycles. The standard InChI is InChI=1S/C24H27N7O2/c1-14-5-23(29-9-17(14)7-26)28-8-16(6-25)10-31-11-21(30-22(27)12-31)18-3-4-19-20(15(18)2)13-33-24(19)32/h3-6,8-9,21-22,30H,10-13,25,27H2,1-2H3/t21-,22+/m0/s1. The maximum Gasteiger partial charge on any atom is 0.338 e. The number of pyridine rings is 1. The first kappa shape index (κ1) is 22.6. The van der Waals surface area contributed by atoms with Gasteiger partial charge in [0.15, 0.2) is 5.82 Å². The minimum Gasteiger partial charge on any atom is -0.457 e. The second kappa shape index (κ2) is 9.50. The van der Waals surface area contributed by atoms with Gasteiger partial charge in [-0.25, -0.2) is 14.8 Å². The number of nitriles is 1. The number of aliphatic imine (C=N–C) groups is 1. The van der Waals surface area contributed by atoms with Crippen LogP contribution >= 0.6 is 0 Å². The second-order valence-electron chi connectivity index (χ2n) is 8.37. The molecule has 0 spiro atoms. The monoisotopic (exact) mass is 445 g/mol. The van der Waals surface area contributed by atoms with E-state index in [0.29, 0.717) is 36.6 Å². The van der Waals surface area contributed by atoms with Gasteiger partial charge in [-0.15, -0.1) is 0 Å². The summed E-state index contributed by atoms with van der Waals surface area (Å²) in [7, 11) is 0. The number of fused-ring (bicyclic) bond motifs is 1. The van der Waals surface area contributed by atoms with Gasteiger partial charge in [0.2, 0.25) is 0 Å². The summed E-state index contributed by atoms with van der Waals surface area (Å²) in [6.07, 6.45) is 4.53. The number of hydrogen-bond acceptors (Lipinski definition) is 9. The number of nitrogens with one attached hydrogen (secondary N) is 1. The number of piperazine rings is 1. The Morgan fingerprint density at radius 2 is 2.24 bits per heavy atom. The largest absolute Gasteiger partial charge is 0.457 e. The molecule has 0 aliphatic carbocycles. The fourth-order valence-corrected chi connectivity index (χ4v) is 4.31. The Balaban J connectivity index is 1.47. The van der Waals surface area contributed by atoms with E-state index >= 15 is 0 Å². The van der Waals surface area contributed by atoms with Crippen LogP contribution in [-0.4, -0.2) is 47.9 Å². The van der Waals surface area contributed by atoms with Crippen LogP contribution in [0, 0.1) is 25.2 Å². The van der Waals surface area contributed by atoms with E-state index in [4.69, 9.17) is 21.5 Å². The highest BCUT2D eigenvalue weighted by Crippen LogP contribution is 2.30. The number of nitrogens with two attached hydrogens (primary N) is 2. The highest BCUT2D eigenvalue weighted by Gasteiger charge is 2.30. The number of benzene rings is 1. The molecule has 1 saturated heterocycles. The maximum atomic E-state index is 11.9. The van der Waals surface area contributed by atoms with Gasteiger partial charge in [0, 0.05) is 43.7 Å². The summed E-state index contributed by atoms with van der Waals surface area (Å²) in [4.78, 5) is 22.7. The number of ether oxygens (including phenoxy) is 1. The first-order valence-corrected chi connectivity index (χ1v) is 10.7. The van der Waals surface area contributed by atoms with Crippen molar-refractivity contribution in [2.75, 3.05) is 19.6 Å². The lowest BCUT2D eigenvalue weighted by Gasteiger charge is -2.38. The third kappa shape index (κ3) is 4.78. The average molecular weight is 446 g/mol. The summed E-state index contributed by atoms with van der Waals surface area (Å²) in [5.74, 6) is 0.254. The lowest BCUT2D eigenvalue weighted by Crippen LogP contribution is -2.56. The van der Waals surface area contributed by atoms with Gasteiger partial charge < -0.3 is 16.2 Å². The van der Waals surface area contributed by atoms with Crippen LogP contribution in [0.1, 0.15) is 44.2 Å². The fourth-order valence-electron chi connectivity index (χ4n) is 4.31. The molecule has 0 amide bonds. The molecule has 9 heteroatoms. The van der Waals surface area contributed by atoms with Gasteiger partial charge >= 0.3 is 5.97 Å². The summed E-state index contributed by atoms with van der Waals surface area (Å²) in [6.45, 7) is 6.14. The van der Waals surface area contributed by atoms with Crippen LogP contribution in [0.2, 0.25) is 0 Å². The van der Waals surface area contributed by atoms with E-state index in [1.54, 1.807) is 12.3 Å². The first-order chi connectivity index (χ1) is 15.9. The molecular formula is C24H27N7O2.